The average molecular weight is 245 g/mol. The summed E-state index contributed by atoms with van der Waals surface area (Å²) in [6.07, 6.45) is 0. The van der Waals surface area contributed by atoms with Gasteiger partial charge in [-0.15, -0.1) is 0 Å². The second-order valence-electron chi connectivity index (χ2n) is 2.84. The van der Waals surface area contributed by atoms with Gasteiger partial charge in [0, 0.05) is 5.02 Å². The molecule has 0 aliphatic rings. The molecule has 0 saturated carbocycles. The van der Waals surface area contributed by atoms with E-state index in [1.54, 1.807) is 0 Å². The number of hydrazine groups is 1. The van der Waals surface area contributed by atoms with Crippen molar-refractivity contribution in [3.63, 3.8) is 0 Å². The lowest BCUT2D eigenvalue weighted by Gasteiger charge is -2.03. The van der Waals surface area contributed by atoms with Gasteiger partial charge in [0.05, 0.1) is 15.9 Å². The van der Waals surface area contributed by atoms with Crippen LogP contribution in [0.2, 0.25) is 10.0 Å². The van der Waals surface area contributed by atoms with Crippen LogP contribution >= 0.6 is 23.2 Å². The van der Waals surface area contributed by atoms with Crippen molar-refractivity contribution < 1.29 is 0 Å². The molecule has 78 valence electrons. The summed E-state index contributed by atoms with van der Waals surface area (Å²) < 4.78 is 0. The second kappa shape index (κ2) is 3.69. The first-order valence-electron chi connectivity index (χ1n) is 3.97. The fourth-order valence-corrected chi connectivity index (χ4v) is 1.77. The molecule has 0 atom stereocenters. The molecule has 15 heavy (non-hydrogen) atoms. The van der Waals surface area contributed by atoms with Gasteiger partial charge in [-0.1, -0.05) is 23.2 Å². The fourth-order valence-electron chi connectivity index (χ4n) is 1.24. The highest BCUT2D eigenvalue weighted by molar-refractivity contribution is 6.38. The van der Waals surface area contributed by atoms with Crippen molar-refractivity contribution in [2.75, 3.05) is 5.43 Å². The highest BCUT2D eigenvalue weighted by atomic mass is 35.5. The van der Waals surface area contributed by atoms with Crippen LogP contribution in [0.3, 0.4) is 0 Å². The number of anilines is 1. The summed E-state index contributed by atoms with van der Waals surface area (Å²) >= 11 is 11.7. The summed E-state index contributed by atoms with van der Waals surface area (Å²) in [5.41, 5.74) is 2.25. The zero-order valence-electron chi connectivity index (χ0n) is 7.34. The van der Waals surface area contributed by atoms with Gasteiger partial charge in [-0.05, 0) is 12.1 Å². The highest BCUT2D eigenvalue weighted by Crippen LogP contribution is 2.24. The van der Waals surface area contributed by atoms with Crippen LogP contribution in [0.15, 0.2) is 16.9 Å². The molecular formula is C8H6Cl2N4O. The van der Waals surface area contributed by atoms with Gasteiger partial charge >= 0.3 is 0 Å². The molecule has 1 aromatic heterocycles. The van der Waals surface area contributed by atoms with E-state index in [0.29, 0.717) is 20.9 Å². The minimum Gasteiger partial charge on any atom is -0.294 e. The van der Waals surface area contributed by atoms with E-state index in [2.05, 4.69) is 15.4 Å². The first-order valence-corrected chi connectivity index (χ1v) is 4.73. The molecule has 1 heterocycles. The second-order valence-corrected chi connectivity index (χ2v) is 3.69. The predicted octanol–water partition coefficient (Wildman–Crippen LogP) is 1.52. The quantitative estimate of drug-likeness (QED) is 0.525. The van der Waals surface area contributed by atoms with Crippen LogP contribution in [-0.2, 0) is 0 Å². The van der Waals surface area contributed by atoms with Gasteiger partial charge in [0.1, 0.15) is 0 Å². The van der Waals surface area contributed by atoms with Gasteiger partial charge in [0.25, 0.3) is 5.56 Å². The standard InChI is InChI=1S/C8H6Cl2N4O/c9-3-1-4-6(5(10)2-3)12-8(14-11)13-7(4)15/h1-2H,11H2,(H2,12,13,14,15). The lowest BCUT2D eigenvalue weighted by molar-refractivity contribution is 1.12. The smallest absolute Gasteiger partial charge is 0.260 e. The predicted molar refractivity (Wildman–Crippen MR) is 60.2 cm³/mol. The Labute approximate surface area is 94.2 Å². The topological polar surface area (TPSA) is 83.8 Å². The number of aromatic nitrogens is 2. The van der Waals surface area contributed by atoms with Crippen LogP contribution < -0.4 is 16.8 Å². The molecule has 0 aliphatic carbocycles. The maximum atomic E-state index is 11.6. The lowest BCUT2D eigenvalue weighted by Crippen LogP contribution is -2.17. The zero-order valence-corrected chi connectivity index (χ0v) is 8.86. The Kier molecular flexibility index (Phi) is 2.52. The van der Waals surface area contributed by atoms with Crippen LogP contribution in [0, 0.1) is 0 Å². The number of rotatable bonds is 1. The molecule has 5 nitrogen and oxygen atoms in total. The number of halogens is 2. The first kappa shape index (κ1) is 10.2. The van der Waals surface area contributed by atoms with Crippen molar-refractivity contribution in [1.82, 2.24) is 9.97 Å². The molecule has 0 saturated heterocycles. The molecule has 2 rings (SSSR count). The van der Waals surface area contributed by atoms with Crippen LogP contribution in [0.1, 0.15) is 0 Å². The largest absolute Gasteiger partial charge is 0.294 e. The summed E-state index contributed by atoms with van der Waals surface area (Å²) in [5, 5.41) is 1.01. The monoisotopic (exact) mass is 244 g/mol. The molecule has 1 aromatic carbocycles. The van der Waals surface area contributed by atoms with Crippen LogP contribution in [-0.4, -0.2) is 9.97 Å². The van der Waals surface area contributed by atoms with Gasteiger partial charge in [-0.3, -0.25) is 15.2 Å². The van der Waals surface area contributed by atoms with Crippen molar-refractivity contribution in [2.45, 2.75) is 0 Å². The number of hydrogen-bond acceptors (Lipinski definition) is 4. The number of aromatic amines is 1. The Bertz CT molecular complexity index is 581. The van der Waals surface area contributed by atoms with Crippen LogP contribution in [0.5, 0.6) is 0 Å². The fraction of sp³-hybridized carbons (Fsp3) is 0. The van der Waals surface area contributed by atoms with Gasteiger partial charge in [-0.2, -0.15) is 0 Å². The molecule has 0 radical (unpaired) electrons. The van der Waals surface area contributed by atoms with Gasteiger partial charge < -0.3 is 0 Å². The van der Waals surface area contributed by atoms with Crippen LogP contribution in [0.25, 0.3) is 10.9 Å². The number of benzene rings is 1. The van der Waals surface area contributed by atoms with Crippen molar-refractivity contribution in [3.05, 3.63) is 32.5 Å². The van der Waals surface area contributed by atoms with Crippen molar-refractivity contribution in [1.29, 1.82) is 0 Å². The van der Waals surface area contributed by atoms with Crippen molar-refractivity contribution in [2.24, 2.45) is 5.84 Å². The summed E-state index contributed by atoms with van der Waals surface area (Å²) in [6, 6.07) is 3.01. The number of nitrogens with zero attached hydrogens (tertiary/aromatic N) is 1. The third kappa shape index (κ3) is 1.77. The van der Waals surface area contributed by atoms with Gasteiger partial charge in [0.2, 0.25) is 5.95 Å². The third-order valence-electron chi connectivity index (χ3n) is 1.87. The van der Waals surface area contributed by atoms with E-state index in [4.69, 9.17) is 29.0 Å². The van der Waals surface area contributed by atoms with E-state index >= 15 is 0 Å². The zero-order chi connectivity index (χ0) is 11.0. The Morgan fingerprint density at radius 1 is 1.40 bits per heavy atom. The first-order chi connectivity index (χ1) is 7.11. The average Bonchev–Trinajstić information content (AvgIpc) is 2.19. The third-order valence-corrected chi connectivity index (χ3v) is 2.37. The molecule has 4 N–H and O–H groups in total. The van der Waals surface area contributed by atoms with Crippen molar-refractivity contribution in [3.8, 4) is 0 Å². The number of nitrogen functional groups attached to an aromatic ring is 1. The maximum Gasteiger partial charge on any atom is 0.260 e. The summed E-state index contributed by atoms with van der Waals surface area (Å²) in [5.74, 6) is 5.29. The van der Waals surface area contributed by atoms with Gasteiger partial charge in [0.15, 0.2) is 0 Å². The molecule has 0 spiro atoms. The normalized spacial score (nSPS) is 10.6. The number of H-pyrrole nitrogens is 1. The number of fused-ring (bicyclic) bond motifs is 1. The summed E-state index contributed by atoms with van der Waals surface area (Å²) in [7, 11) is 0. The van der Waals surface area contributed by atoms with Gasteiger partial charge in [-0.25, -0.2) is 10.8 Å². The van der Waals surface area contributed by atoms with E-state index in [1.165, 1.54) is 12.1 Å². The van der Waals surface area contributed by atoms with E-state index in [-0.39, 0.29) is 11.5 Å². The number of nitrogens with two attached hydrogens (primary N) is 1. The SMILES string of the molecule is NNc1nc2c(Cl)cc(Cl)cc2c(=O)[nH]1. The molecule has 0 unspecified atom stereocenters. The van der Waals surface area contributed by atoms with Crippen molar-refractivity contribution >= 4 is 40.1 Å². The summed E-state index contributed by atoms with van der Waals surface area (Å²) in [6.45, 7) is 0. The molecule has 0 fully saturated rings. The van der Waals surface area contributed by atoms with E-state index in [0.717, 1.165) is 0 Å². The minimum atomic E-state index is -0.350. The van der Waals surface area contributed by atoms with E-state index in [1.807, 2.05) is 0 Å². The summed E-state index contributed by atoms with van der Waals surface area (Å²) in [4.78, 5) is 18.0. The number of hydrogen-bond donors (Lipinski definition) is 3. The molecular weight excluding hydrogens is 239 g/mol. The van der Waals surface area contributed by atoms with E-state index < -0.39 is 0 Å². The lowest BCUT2D eigenvalue weighted by atomic mass is 10.2. The number of nitrogens with one attached hydrogen (secondary N) is 2. The Hall–Kier alpha value is -1.30. The molecule has 0 aliphatic heterocycles. The maximum absolute atomic E-state index is 11.6. The molecule has 7 heteroatoms. The molecule has 0 amide bonds. The molecule has 0 bridgehead atoms. The highest BCUT2D eigenvalue weighted by Gasteiger charge is 2.07. The van der Waals surface area contributed by atoms with Crippen LogP contribution in [0.4, 0.5) is 5.95 Å². The minimum absolute atomic E-state index is 0.150. The Morgan fingerprint density at radius 2 is 2.13 bits per heavy atom. The Balaban J connectivity index is 2.91. The molecule has 2 aromatic rings. The van der Waals surface area contributed by atoms with E-state index in [9.17, 15) is 4.79 Å². The Morgan fingerprint density at radius 3 is 2.80 bits per heavy atom.